The summed E-state index contributed by atoms with van der Waals surface area (Å²) >= 11 is 0. The Morgan fingerprint density at radius 2 is 2.05 bits per heavy atom. The smallest absolute Gasteiger partial charge is 0.0521 e. The van der Waals surface area contributed by atoms with Gasteiger partial charge in [-0.2, -0.15) is 5.10 Å². The minimum atomic E-state index is 0.607. The normalized spacial score (nSPS) is 12.6. The molecule has 19 heavy (non-hydrogen) atoms. The molecule has 0 spiro atoms. The first-order valence-electron chi connectivity index (χ1n) is 6.85. The standard InChI is InChI=1S/C16H23N3/c1-13-5-4-6-14(7-13)8-15(10-17-2)9-16-11-18-19(3)12-16/h4-7,11-12,15,17H,8-10H2,1-3H3. The van der Waals surface area contributed by atoms with E-state index in [-0.39, 0.29) is 0 Å². The van der Waals surface area contributed by atoms with Gasteiger partial charge < -0.3 is 5.32 Å². The number of rotatable bonds is 6. The Morgan fingerprint density at radius 3 is 2.68 bits per heavy atom. The highest BCUT2D eigenvalue weighted by atomic mass is 15.2. The maximum Gasteiger partial charge on any atom is 0.0521 e. The summed E-state index contributed by atoms with van der Waals surface area (Å²) in [6.07, 6.45) is 6.26. The van der Waals surface area contributed by atoms with E-state index >= 15 is 0 Å². The SMILES string of the molecule is CNCC(Cc1cccc(C)c1)Cc1cnn(C)c1. The summed E-state index contributed by atoms with van der Waals surface area (Å²) in [5.74, 6) is 0.607. The molecule has 1 unspecified atom stereocenters. The lowest BCUT2D eigenvalue weighted by Gasteiger charge is -2.16. The molecule has 0 radical (unpaired) electrons. The van der Waals surface area contributed by atoms with Gasteiger partial charge in [-0.3, -0.25) is 4.68 Å². The molecule has 0 saturated heterocycles. The Hall–Kier alpha value is -1.61. The van der Waals surface area contributed by atoms with Gasteiger partial charge in [0.1, 0.15) is 0 Å². The van der Waals surface area contributed by atoms with Crippen LogP contribution in [0.25, 0.3) is 0 Å². The van der Waals surface area contributed by atoms with Crippen LogP contribution in [0.15, 0.2) is 36.7 Å². The van der Waals surface area contributed by atoms with Crippen molar-refractivity contribution in [3.8, 4) is 0 Å². The summed E-state index contributed by atoms with van der Waals surface area (Å²) in [5, 5.41) is 7.55. The van der Waals surface area contributed by atoms with Crippen molar-refractivity contribution in [2.75, 3.05) is 13.6 Å². The van der Waals surface area contributed by atoms with Crippen molar-refractivity contribution in [3.63, 3.8) is 0 Å². The molecule has 3 nitrogen and oxygen atoms in total. The zero-order chi connectivity index (χ0) is 13.7. The third kappa shape index (κ3) is 4.21. The van der Waals surface area contributed by atoms with Crippen LogP contribution >= 0.6 is 0 Å². The third-order valence-electron chi connectivity index (χ3n) is 3.38. The molecule has 1 N–H and O–H groups in total. The number of hydrogen-bond acceptors (Lipinski definition) is 2. The average Bonchev–Trinajstić information content (AvgIpc) is 2.75. The summed E-state index contributed by atoms with van der Waals surface area (Å²) in [4.78, 5) is 0. The molecule has 102 valence electrons. The Morgan fingerprint density at radius 1 is 1.26 bits per heavy atom. The van der Waals surface area contributed by atoms with Gasteiger partial charge in [-0.25, -0.2) is 0 Å². The molecule has 0 aliphatic heterocycles. The highest BCUT2D eigenvalue weighted by Gasteiger charge is 2.11. The quantitative estimate of drug-likeness (QED) is 0.861. The van der Waals surface area contributed by atoms with Gasteiger partial charge in [0.25, 0.3) is 0 Å². The molecule has 2 rings (SSSR count). The van der Waals surface area contributed by atoms with E-state index in [9.17, 15) is 0 Å². The first-order valence-corrected chi connectivity index (χ1v) is 6.85. The number of benzene rings is 1. The van der Waals surface area contributed by atoms with Gasteiger partial charge in [0, 0.05) is 13.2 Å². The molecular formula is C16H23N3. The third-order valence-corrected chi connectivity index (χ3v) is 3.38. The summed E-state index contributed by atoms with van der Waals surface area (Å²) in [7, 11) is 3.99. The van der Waals surface area contributed by atoms with E-state index in [0.29, 0.717) is 5.92 Å². The molecule has 1 aromatic heterocycles. The second-order valence-corrected chi connectivity index (χ2v) is 5.34. The van der Waals surface area contributed by atoms with Crippen molar-refractivity contribution >= 4 is 0 Å². The van der Waals surface area contributed by atoms with Crippen molar-refractivity contribution in [1.82, 2.24) is 15.1 Å². The van der Waals surface area contributed by atoms with Gasteiger partial charge in [-0.15, -0.1) is 0 Å². The Balaban J connectivity index is 2.03. The van der Waals surface area contributed by atoms with Crippen molar-refractivity contribution in [3.05, 3.63) is 53.3 Å². The van der Waals surface area contributed by atoms with Crippen LogP contribution in [0.1, 0.15) is 16.7 Å². The Labute approximate surface area is 115 Å². The van der Waals surface area contributed by atoms with Crippen LogP contribution in [0.3, 0.4) is 0 Å². The van der Waals surface area contributed by atoms with Gasteiger partial charge in [-0.05, 0) is 50.4 Å². The van der Waals surface area contributed by atoms with Crippen LogP contribution in [0.2, 0.25) is 0 Å². The van der Waals surface area contributed by atoms with E-state index in [1.54, 1.807) is 0 Å². The number of aromatic nitrogens is 2. The monoisotopic (exact) mass is 257 g/mol. The second kappa shape index (κ2) is 6.53. The van der Waals surface area contributed by atoms with Crippen LogP contribution in [0.5, 0.6) is 0 Å². The fraction of sp³-hybridized carbons (Fsp3) is 0.438. The number of nitrogens with zero attached hydrogens (tertiary/aromatic N) is 2. The topological polar surface area (TPSA) is 29.9 Å². The fourth-order valence-corrected chi connectivity index (χ4v) is 2.59. The summed E-state index contributed by atoms with van der Waals surface area (Å²) in [6.45, 7) is 3.18. The largest absolute Gasteiger partial charge is 0.319 e. The van der Waals surface area contributed by atoms with E-state index in [2.05, 4.69) is 47.8 Å². The molecule has 1 aromatic carbocycles. The van der Waals surface area contributed by atoms with Crippen LogP contribution in [0.4, 0.5) is 0 Å². The van der Waals surface area contributed by atoms with Crippen molar-refractivity contribution in [2.45, 2.75) is 19.8 Å². The molecule has 3 heteroatoms. The minimum absolute atomic E-state index is 0.607. The number of nitrogens with one attached hydrogen (secondary N) is 1. The van der Waals surface area contributed by atoms with Crippen LogP contribution < -0.4 is 5.32 Å². The number of aryl methyl sites for hydroxylation is 2. The zero-order valence-corrected chi connectivity index (χ0v) is 12.1. The lowest BCUT2D eigenvalue weighted by atomic mass is 9.93. The van der Waals surface area contributed by atoms with E-state index < -0.39 is 0 Å². The minimum Gasteiger partial charge on any atom is -0.319 e. The first-order chi connectivity index (χ1) is 9.17. The Kier molecular flexibility index (Phi) is 4.74. The van der Waals surface area contributed by atoms with E-state index in [0.717, 1.165) is 19.4 Å². The Bertz CT molecular complexity index is 516. The lowest BCUT2D eigenvalue weighted by molar-refractivity contribution is 0.493. The lowest BCUT2D eigenvalue weighted by Crippen LogP contribution is -2.22. The van der Waals surface area contributed by atoms with Gasteiger partial charge in [-0.1, -0.05) is 29.8 Å². The first kappa shape index (κ1) is 13.8. The molecule has 0 aliphatic carbocycles. The zero-order valence-electron chi connectivity index (χ0n) is 12.1. The van der Waals surface area contributed by atoms with Gasteiger partial charge in [0.05, 0.1) is 6.20 Å². The molecular weight excluding hydrogens is 234 g/mol. The summed E-state index contributed by atoms with van der Waals surface area (Å²) < 4.78 is 1.87. The number of hydrogen-bond donors (Lipinski definition) is 1. The fourth-order valence-electron chi connectivity index (χ4n) is 2.59. The van der Waals surface area contributed by atoms with Crippen LogP contribution in [-0.2, 0) is 19.9 Å². The maximum absolute atomic E-state index is 4.25. The molecule has 0 amide bonds. The van der Waals surface area contributed by atoms with E-state index in [4.69, 9.17) is 0 Å². The summed E-state index contributed by atoms with van der Waals surface area (Å²) in [5.41, 5.74) is 4.07. The van der Waals surface area contributed by atoms with Crippen molar-refractivity contribution < 1.29 is 0 Å². The van der Waals surface area contributed by atoms with Crippen molar-refractivity contribution in [2.24, 2.45) is 13.0 Å². The van der Waals surface area contributed by atoms with Crippen LogP contribution in [0, 0.1) is 12.8 Å². The maximum atomic E-state index is 4.25. The highest BCUT2D eigenvalue weighted by molar-refractivity contribution is 5.23. The van der Waals surface area contributed by atoms with Gasteiger partial charge in [0.15, 0.2) is 0 Å². The van der Waals surface area contributed by atoms with E-state index in [1.807, 2.05) is 25.0 Å². The predicted molar refractivity (Wildman–Crippen MR) is 79.2 cm³/mol. The average molecular weight is 257 g/mol. The molecule has 1 atom stereocenters. The molecule has 2 aromatic rings. The molecule has 0 bridgehead atoms. The molecule has 0 fully saturated rings. The van der Waals surface area contributed by atoms with Crippen LogP contribution in [-0.4, -0.2) is 23.4 Å². The summed E-state index contributed by atoms with van der Waals surface area (Å²) in [6, 6.07) is 8.80. The van der Waals surface area contributed by atoms with Crippen molar-refractivity contribution in [1.29, 1.82) is 0 Å². The van der Waals surface area contributed by atoms with E-state index in [1.165, 1.54) is 16.7 Å². The molecule has 0 saturated carbocycles. The highest BCUT2D eigenvalue weighted by Crippen LogP contribution is 2.15. The predicted octanol–water partition coefficient (Wildman–Crippen LogP) is 2.35. The second-order valence-electron chi connectivity index (χ2n) is 5.34. The van der Waals surface area contributed by atoms with Gasteiger partial charge in [0.2, 0.25) is 0 Å². The molecule has 1 heterocycles. The van der Waals surface area contributed by atoms with Gasteiger partial charge >= 0.3 is 0 Å². The molecule has 0 aliphatic rings.